The van der Waals surface area contributed by atoms with E-state index in [1.807, 2.05) is 0 Å². The van der Waals surface area contributed by atoms with Crippen LogP contribution in [0.15, 0.2) is 16.5 Å². The Morgan fingerprint density at radius 1 is 1.53 bits per heavy atom. The molecule has 1 aliphatic carbocycles. The maximum Gasteiger partial charge on any atom is 0.433 e. The normalized spacial score (nSPS) is 23.0. The molecule has 2 atom stereocenters. The van der Waals surface area contributed by atoms with Gasteiger partial charge in [0.1, 0.15) is 4.92 Å². The molecule has 1 aromatic heterocycles. The Balaban J connectivity index is 1.85. The summed E-state index contributed by atoms with van der Waals surface area (Å²) in [4.78, 5) is 21.5. The first-order valence-corrected chi connectivity index (χ1v) is 6.66. The number of carbonyl (C=O) groups excluding carboxylic acids is 1. The number of nitrogens with one attached hydrogen (secondary N) is 1. The minimum Gasteiger partial charge on any atom is -0.395 e. The van der Waals surface area contributed by atoms with Crippen molar-refractivity contribution in [3.63, 3.8) is 0 Å². The average molecular weight is 287 g/mol. The molecule has 0 aliphatic heterocycles. The fourth-order valence-corrected chi connectivity index (χ4v) is 2.69. The second-order valence-corrected chi connectivity index (χ2v) is 5.35. The smallest absolute Gasteiger partial charge is 0.395 e. The van der Waals surface area contributed by atoms with E-state index in [0.717, 1.165) is 25.7 Å². The van der Waals surface area contributed by atoms with Crippen molar-refractivity contribution in [2.24, 2.45) is 5.92 Å². The molecule has 6 nitrogen and oxygen atoms in total. The first kappa shape index (κ1) is 13.9. The van der Waals surface area contributed by atoms with Gasteiger partial charge in [-0.1, -0.05) is 6.42 Å². The van der Waals surface area contributed by atoms with Gasteiger partial charge in [-0.25, -0.2) is 0 Å². The zero-order valence-electron chi connectivity index (χ0n) is 10.3. The van der Waals surface area contributed by atoms with Crippen LogP contribution in [0.25, 0.3) is 0 Å². The van der Waals surface area contributed by atoms with Crippen LogP contribution >= 0.6 is 11.6 Å². The van der Waals surface area contributed by atoms with Crippen LogP contribution in [0.4, 0.5) is 5.88 Å². The molecule has 1 saturated carbocycles. The van der Waals surface area contributed by atoms with E-state index in [4.69, 9.17) is 16.0 Å². The third-order valence-corrected chi connectivity index (χ3v) is 3.66. The van der Waals surface area contributed by atoms with Crippen molar-refractivity contribution >= 4 is 23.4 Å². The first-order valence-electron chi connectivity index (χ1n) is 6.22. The third kappa shape index (κ3) is 3.70. The number of amides is 1. The van der Waals surface area contributed by atoms with Crippen molar-refractivity contribution in [2.45, 2.75) is 31.1 Å². The molecule has 1 aromatic rings. The molecule has 0 saturated heterocycles. The first-order chi connectivity index (χ1) is 9.06. The van der Waals surface area contributed by atoms with Crippen LogP contribution in [-0.2, 0) is 0 Å². The SMILES string of the molecule is O=C(NCC1CCCC(Cl)C1)c1ccc([N+](=O)[O-])o1. The topological polar surface area (TPSA) is 85.4 Å². The van der Waals surface area contributed by atoms with Gasteiger partial charge in [-0.15, -0.1) is 11.6 Å². The highest BCUT2D eigenvalue weighted by Crippen LogP contribution is 2.27. The number of nitrogens with zero attached hydrogens (tertiary/aromatic N) is 1. The van der Waals surface area contributed by atoms with Crippen molar-refractivity contribution in [1.29, 1.82) is 0 Å². The van der Waals surface area contributed by atoms with Gasteiger partial charge in [0.05, 0.1) is 6.07 Å². The zero-order valence-corrected chi connectivity index (χ0v) is 11.1. The molecular formula is C12H15ClN2O4. The van der Waals surface area contributed by atoms with Crippen LogP contribution in [-0.4, -0.2) is 22.8 Å². The Morgan fingerprint density at radius 3 is 2.95 bits per heavy atom. The average Bonchev–Trinajstić information content (AvgIpc) is 2.86. The van der Waals surface area contributed by atoms with Gasteiger partial charge in [0.2, 0.25) is 0 Å². The summed E-state index contributed by atoms with van der Waals surface area (Å²) in [6.07, 6.45) is 4.03. The number of alkyl halides is 1. The standard InChI is InChI=1S/C12H15ClN2O4/c13-9-3-1-2-8(6-9)7-14-12(16)10-4-5-11(19-10)15(17)18/h4-5,8-9H,1-3,6-7H2,(H,14,16). The van der Waals surface area contributed by atoms with Gasteiger partial charge >= 0.3 is 5.88 Å². The monoisotopic (exact) mass is 286 g/mol. The van der Waals surface area contributed by atoms with Crippen molar-refractivity contribution in [3.8, 4) is 0 Å². The minimum absolute atomic E-state index is 0.0371. The third-order valence-electron chi connectivity index (χ3n) is 3.27. The van der Waals surface area contributed by atoms with E-state index in [1.165, 1.54) is 12.1 Å². The molecule has 1 heterocycles. The van der Waals surface area contributed by atoms with E-state index in [9.17, 15) is 14.9 Å². The Bertz CT molecular complexity index is 474. The number of nitro groups is 1. The molecule has 0 radical (unpaired) electrons. The van der Waals surface area contributed by atoms with Gasteiger partial charge in [-0.3, -0.25) is 14.9 Å². The van der Waals surface area contributed by atoms with Gasteiger partial charge in [-0.2, -0.15) is 0 Å². The van der Waals surface area contributed by atoms with Crippen LogP contribution in [0.2, 0.25) is 0 Å². The molecule has 1 aliphatic rings. The number of furan rings is 1. The molecule has 1 N–H and O–H groups in total. The molecule has 1 fully saturated rings. The summed E-state index contributed by atoms with van der Waals surface area (Å²) in [6.45, 7) is 0.524. The van der Waals surface area contributed by atoms with Gasteiger partial charge in [0.25, 0.3) is 5.91 Å². The molecule has 1 amide bonds. The summed E-state index contributed by atoms with van der Waals surface area (Å²) in [5, 5.41) is 13.4. The second kappa shape index (κ2) is 6.06. The Kier molecular flexibility index (Phi) is 4.42. The van der Waals surface area contributed by atoms with E-state index in [-0.39, 0.29) is 11.1 Å². The highest BCUT2D eigenvalue weighted by Gasteiger charge is 2.22. The quantitative estimate of drug-likeness (QED) is 0.524. The largest absolute Gasteiger partial charge is 0.433 e. The maximum absolute atomic E-state index is 11.7. The number of carbonyl (C=O) groups is 1. The summed E-state index contributed by atoms with van der Waals surface area (Å²) in [7, 11) is 0. The molecule has 2 rings (SSSR count). The van der Waals surface area contributed by atoms with Crippen LogP contribution in [0.5, 0.6) is 0 Å². The van der Waals surface area contributed by atoms with Gasteiger partial charge in [-0.05, 0) is 31.2 Å². The van der Waals surface area contributed by atoms with Gasteiger partial charge in [0, 0.05) is 11.9 Å². The highest BCUT2D eigenvalue weighted by molar-refractivity contribution is 6.20. The Morgan fingerprint density at radius 2 is 2.32 bits per heavy atom. The van der Waals surface area contributed by atoms with E-state index in [1.54, 1.807) is 0 Å². The fourth-order valence-electron chi connectivity index (χ4n) is 2.28. The summed E-state index contributed by atoms with van der Waals surface area (Å²) < 4.78 is 4.83. The lowest BCUT2D eigenvalue weighted by Crippen LogP contribution is -2.31. The predicted octanol–water partition coefficient (Wildman–Crippen LogP) is 2.72. The number of hydrogen-bond acceptors (Lipinski definition) is 4. The molecule has 2 unspecified atom stereocenters. The van der Waals surface area contributed by atoms with Crippen LogP contribution in [0, 0.1) is 16.0 Å². The summed E-state index contributed by atoms with van der Waals surface area (Å²) in [5.74, 6) is -0.525. The highest BCUT2D eigenvalue weighted by atomic mass is 35.5. The lowest BCUT2D eigenvalue weighted by atomic mass is 9.89. The van der Waals surface area contributed by atoms with E-state index in [0.29, 0.717) is 12.5 Å². The van der Waals surface area contributed by atoms with E-state index >= 15 is 0 Å². The zero-order chi connectivity index (χ0) is 13.8. The summed E-state index contributed by atoms with van der Waals surface area (Å²) in [5.41, 5.74) is 0. The van der Waals surface area contributed by atoms with E-state index in [2.05, 4.69) is 5.32 Å². The molecule has 0 aromatic carbocycles. The van der Waals surface area contributed by atoms with Gasteiger partial charge < -0.3 is 9.73 Å². The fraction of sp³-hybridized carbons (Fsp3) is 0.583. The molecule has 0 bridgehead atoms. The predicted molar refractivity (Wildman–Crippen MR) is 69.3 cm³/mol. The van der Waals surface area contributed by atoms with Gasteiger partial charge in [0.15, 0.2) is 5.76 Å². The van der Waals surface area contributed by atoms with Crippen molar-refractivity contribution < 1.29 is 14.1 Å². The second-order valence-electron chi connectivity index (χ2n) is 4.73. The van der Waals surface area contributed by atoms with E-state index < -0.39 is 16.7 Å². The van der Waals surface area contributed by atoms with Crippen LogP contribution < -0.4 is 5.32 Å². The molecule has 7 heteroatoms. The molecular weight excluding hydrogens is 272 g/mol. The summed E-state index contributed by atoms with van der Waals surface area (Å²) in [6, 6.07) is 2.48. The Hall–Kier alpha value is -1.56. The lowest BCUT2D eigenvalue weighted by molar-refractivity contribution is -0.402. The maximum atomic E-state index is 11.7. The van der Waals surface area contributed by atoms with Crippen LogP contribution in [0.3, 0.4) is 0 Å². The van der Waals surface area contributed by atoms with Crippen molar-refractivity contribution in [2.75, 3.05) is 6.54 Å². The minimum atomic E-state index is -0.671. The molecule has 0 spiro atoms. The van der Waals surface area contributed by atoms with Crippen molar-refractivity contribution in [1.82, 2.24) is 5.32 Å². The lowest BCUT2D eigenvalue weighted by Gasteiger charge is -2.25. The number of rotatable bonds is 4. The molecule has 19 heavy (non-hydrogen) atoms. The molecule has 104 valence electrons. The number of hydrogen-bond donors (Lipinski definition) is 1. The summed E-state index contributed by atoms with van der Waals surface area (Å²) >= 11 is 6.08. The number of halogens is 1. The van der Waals surface area contributed by atoms with Crippen molar-refractivity contribution in [3.05, 3.63) is 28.0 Å². The Labute approximate surface area is 115 Å². The van der Waals surface area contributed by atoms with Crippen LogP contribution in [0.1, 0.15) is 36.2 Å².